The van der Waals surface area contributed by atoms with Crippen molar-refractivity contribution >= 4 is 9.84 Å². The van der Waals surface area contributed by atoms with Crippen LogP contribution in [0.5, 0.6) is 0 Å². The molecule has 2 atom stereocenters. The first-order chi connectivity index (χ1) is 8.91. The van der Waals surface area contributed by atoms with Gasteiger partial charge in [0, 0.05) is 6.04 Å². The molecule has 0 radical (unpaired) electrons. The van der Waals surface area contributed by atoms with E-state index in [9.17, 15) is 12.8 Å². The maximum atomic E-state index is 13.4. The molecule has 19 heavy (non-hydrogen) atoms. The Balaban J connectivity index is 2.14. The van der Waals surface area contributed by atoms with E-state index in [2.05, 4.69) is 5.32 Å². The van der Waals surface area contributed by atoms with Crippen molar-refractivity contribution in [3.05, 3.63) is 35.1 Å². The molecule has 0 aliphatic carbocycles. The highest BCUT2D eigenvalue weighted by molar-refractivity contribution is 7.91. The van der Waals surface area contributed by atoms with Crippen molar-refractivity contribution in [1.29, 1.82) is 0 Å². The summed E-state index contributed by atoms with van der Waals surface area (Å²) in [7, 11) is -1.02. The Morgan fingerprint density at radius 3 is 2.79 bits per heavy atom. The normalized spacial score (nSPS) is 23.4. The lowest BCUT2D eigenvalue weighted by Gasteiger charge is -2.21. The topological polar surface area (TPSA) is 46.2 Å². The van der Waals surface area contributed by atoms with Gasteiger partial charge in [0.2, 0.25) is 0 Å². The fourth-order valence-corrected chi connectivity index (χ4v) is 4.66. The summed E-state index contributed by atoms with van der Waals surface area (Å²) in [6.07, 6.45) is 1.45. The lowest BCUT2D eigenvalue weighted by molar-refractivity contribution is 0.434. The van der Waals surface area contributed by atoms with Crippen LogP contribution in [0.4, 0.5) is 4.39 Å². The van der Waals surface area contributed by atoms with Crippen molar-refractivity contribution in [2.45, 2.75) is 25.8 Å². The fraction of sp³-hybridized carbons (Fsp3) is 0.571. The van der Waals surface area contributed by atoms with Gasteiger partial charge in [-0.3, -0.25) is 0 Å². The summed E-state index contributed by atoms with van der Waals surface area (Å²) in [5, 5.41) is 3.18. The molecule has 1 heterocycles. The second-order valence-electron chi connectivity index (χ2n) is 5.35. The zero-order chi connectivity index (χ0) is 14.0. The average Bonchev–Trinajstić information content (AvgIpc) is 2.69. The van der Waals surface area contributed by atoms with Crippen molar-refractivity contribution in [2.24, 2.45) is 5.92 Å². The van der Waals surface area contributed by atoms with Crippen molar-refractivity contribution in [2.75, 3.05) is 18.6 Å². The molecule has 1 aromatic carbocycles. The Morgan fingerprint density at radius 1 is 1.47 bits per heavy atom. The Morgan fingerprint density at radius 2 is 2.21 bits per heavy atom. The molecule has 0 amide bonds. The van der Waals surface area contributed by atoms with E-state index in [1.807, 2.05) is 14.0 Å². The van der Waals surface area contributed by atoms with E-state index >= 15 is 0 Å². The van der Waals surface area contributed by atoms with E-state index in [0.29, 0.717) is 0 Å². The van der Waals surface area contributed by atoms with Gasteiger partial charge >= 0.3 is 0 Å². The summed E-state index contributed by atoms with van der Waals surface area (Å²) in [6.45, 7) is 1.95. The summed E-state index contributed by atoms with van der Waals surface area (Å²) in [6, 6.07) is 4.76. The molecule has 5 heteroatoms. The molecule has 3 nitrogen and oxygen atoms in total. The third kappa shape index (κ3) is 3.54. The maximum absolute atomic E-state index is 13.4. The van der Waals surface area contributed by atoms with Gasteiger partial charge in [-0.05, 0) is 56.0 Å². The minimum Gasteiger partial charge on any atom is -0.313 e. The first-order valence-corrected chi connectivity index (χ1v) is 8.37. The molecule has 1 aromatic rings. The van der Waals surface area contributed by atoms with Crippen LogP contribution in [-0.2, 0) is 9.84 Å². The number of hydrogen-bond donors (Lipinski definition) is 1. The standard InChI is InChI=1S/C14H20FNO2S/c1-10-3-4-12(15)8-13(10)14(16-2)7-11-5-6-19(17,18)9-11/h3-4,8,11,14,16H,5-7,9H2,1-2H3. The zero-order valence-electron chi connectivity index (χ0n) is 11.3. The maximum Gasteiger partial charge on any atom is 0.150 e. The predicted molar refractivity (Wildman–Crippen MR) is 74.3 cm³/mol. The lowest BCUT2D eigenvalue weighted by Crippen LogP contribution is -2.21. The van der Waals surface area contributed by atoms with Crippen LogP contribution in [0.15, 0.2) is 18.2 Å². The highest BCUT2D eigenvalue weighted by Gasteiger charge is 2.30. The van der Waals surface area contributed by atoms with Crippen molar-refractivity contribution in [3.8, 4) is 0 Å². The molecular formula is C14H20FNO2S. The SMILES string of the molecule is CNC(CC1CCS(=O)(=O)C1)c1cc(F)ccc1C. The molecule has 2 rings (SSSR count). The average molecular weight is 285 g/mol. The van der Waals surface area contributed by atoms with Gasteiger partial charge in [0.05, 0.1) is 11.5 Å². The smallest absolute Gasteiger partial charge is 0.150 e. The number of nitrogens with one attached hydrogen (secondary N) is 1. The van der Waals surface area contributed by atoms with Gasteiger partial charge < -0.3 is 5.32 Å². The summed E-state index contributed by atoms with van der Waals surface area (Å²) in [5.41, 5.74) is 1.95. The van der Waals surface area contributed by atoms with Crippen molar-refractivity contribution < 1.29 is 12.8 Å². The molecule has 2 unspecified atom stereocenters. The summed E-state index contributed by atoms with van der Waals surface area (Å²) in [5.74, 6) is 0.473. The van der Waals surface area contributed by atoms with Crippen molar-refractivity contribution in [1.82, 2.24) is 5.32 Å². The van der Waals surface area contributed by atoms with Crippen LogP contribution in [0.3, 0.4) is 0 Å². The van der Waals surface area contributed by atoms with E-state index in [4.69, 9.17) is 0 Å². The number of sulfone groups is 1. The fourth-order valence-electron chi connectivity index (χ4n) is 2.78. The Hall–Kier alpha value is -0.940. The number of halogens is 1. The highest BCUT2D eigenvalue weighted by Crippen LogP contribution is 2.30. The van der Waals surface area contributed by atoms with E-state index < -0.39 is 9.84 Å². The zero-order valence-corrected chi connectivity index (χ0v) is 12.1. The van der Waals surface area contributed by atoms with E-state index in [-0.39, 0.29) is 29.3 Å². The highest BCUT2D eigenvalue weighted by atomic mass is 32.2. The van der Waals surface area contributed by atoms with Gasteiger partial charge in [-0.2, -0.15) is 0 Å². The third-order valence-electron chi connectivity index (χ3n) is 3.86. The molecule has 0 saturated carbocycles. The second kappa shape index (κ2) is 5.59. The van der Waals surface area contributed by atoms with Crippen molar-refractivity contribution in [3.63, 3.8) is 0 Å². The van der Waals surface area contributed by atoms with Gasteiger partial charge in [0.1, 0.15) is 5.82 Å². The van der Waals surface area contributed by atoms with Crippen LogP contribution in [0.2, 0.25) is 0 Å². The molecule has 0 bridgehead atoms. The molecule has 1 aliphatic heterocycles. The van der Waals surface area contributed by atoms with Crippen LogP contribution in [0.25, 0.3) is 0 Å². The minimum absolute atomic E-state index is 0.00833. The van der Waals surface area contributed by atoms with Gasteiger partial charge in [0.25, 0.3) is 0 Å². The number of rotatable bonds is 4. The molecule has 0 aromatic heterocycles. The molecule has 1 fully saturated rings. The van der Waals surface area contributed by atoms with Gasteiger partial charge in [-0.1, -0.05) is 6.07 Å². The Kier molecular flexibility index (Phi) is 4.26. The van der Waals surface area contributed by atoms with E-state index in [1.54, 1.807) is 12.1 Å². The molecule has 0 spiro atoms. The Bertz CT molecular complexity index is 557. The number of hydrogen-bond acceptors (Lipinski definition) is 3. The lowest BCUT2D eigenvalue weighted by atomic mass is 9.92. The molecule has 106 valence electrons. The van der Waals surface area contributed by atoms with Gasteiger partial charge in [0.15, 0.2) is 9.84 Å². The molecule has 1 N–H and O–H groups in total. The molecular weight excluding hydrogens is 265 g/mol. The van der Waals surface area contributed by atoms with E-state index in [0.717, 1.165) is 24.0 Å². The number of benzene rings is 1. The van der Waals surface area contributed by atoms with Gasteiger partial charge in [-0.25, -0.2) is 12.8 Å². The summed E-state index contributed by atoms with van der Waals surface area (Å²) in [4.78, 5) is 0. The first kappa shape index (κ1) is 14.5. The summed E-state index contributed by atoms with van der Waals surface area (Å²) < 4.78 is 36.3. The van der Waals surface area contributed by atoms with E-state index in [1.165, 1.54) is 6.07 Å². The van der Waals surface area contributed by atoms with Gasteiger partial charge in [-0.15, -0.1) is 0 Å². The monoisotopic (exact) mass is 285 g/mol. The number of aryl methyl sites for hydroxylation is 1. The van der Waals surface area contributed by atoms with Crippen LogP contribution in [0.1, 0.15) is 30.0 Å². The quantitative estimate of drug-likeness (QED) is 0.922. The predicted octanol–water partition coefficient (Wildman–Crippen LogP) is 2.22. The minimum atomic E-state index is -2.85. The molecule has 1 aliphatic rings. The summed E-state index contributed by atoms with van der Waals surface area (Å²) >= 11 is 0. The third-order valence-corrected chi connectivity index (χ3v) is 5.70. The second-order valence-corrected chi connectivity index (χ2v) is 7.58. The first-order valence-electron chi connectivity index (χ1n) is 6.55. The van der Waals surface area contributed by atoms with Crippen LogP contribution in [0, 0.1) is 18.7 Å². The van der Waals surface area contributed by atoms with Crippen LogP contribution in [-0.4, -0.2) is 27.0 Å². The Labute approximate surface area is 114 Å². The largest absolute Gasteiger partial charge is 0.313 e. The molecule has 1 saturated heterocycles. The van der Waals surface area contributed by atoms with Crippen LogP contribution < -0.4 is 5.32 Å². The van der Waals surface area contributed by atoms with Crippen LogP contribution >= 0.6 is 0 Å².